The van der Waals surface area contributed by atoms with Crippen LogP contribution in [0.2, 0.25) is 0 Å². The van der Waals surface area contributed by atoms with Crippen molar-refractivity contribution in [1.29, 1.82) is 0 Å². The number of hydrogen-bond acceptors (Lipinski definition) is 2. The zero-order chi connectivity index (χ0) is 13.1. The maximum atomic E-state index is 6.09. The summed E-state index contributed by atoms with van der Waals surface area (Å²) in [6.45, 7) is 6.66. The number of nitrogens with two attached hydrogens (primary N) is 1. The molecule has 96 valence electrons. The summed E-state index contributed by atoms with van der Waals surface area (Å²) in [5.74, 6) is 0.703. The van der Waals surface area contributed by atoms with E-state index >= 15 is 0 Å². The summed E-state index contributed by atoms with van der Waals surface area (Å²) in [6, 6.07) is 11.0. The van der Waals surface area contributed by atoms with Crippen LogP contribution in [0.4, 0.5) is 5.00 Å². The van der Waals surface area contributed by atoms with E-state index in [0.717, 1.165) is 17.8 Å². The first-order valence-electron chi connectivity index (χ1n) is 6.57. The van der Waals surface area contributed by atoms with E-state index in [-0.39, 0.29) is 0 Å². The lowest BCUT2D eigenvalue weighted by molar-refractivity contribution is 0.647. The van der Waals surface area contributed by atoms with Gasteiger partial charge in [0.1, 0.15) is 0 Å². The van der Waals surface area contributed by atoms with Crippen LogP contribution in [-0.2, 0) is 12.8 Å². The molecular formula is C16H21NS. The predicted octanol–water partition coefficient (Wildman–Crippen LogP) is 4.76. The molecule has 1 heterocycles. The Morgan fingerprint density at radius 2 is 1.83 bits per heavy atom. The monoisotopic (exact) mass is 259 g/mol. The third-order valence-electron chi connectivity index (χ3n) is 3.07. The maximum absolute atomic E-state index is 6.09. The minimum absolute atomic E-state index is 0.703. The molecule has 0 saturated carbocycles. The van der Waals surface area contributed by atoms with Crippen LogP contribution < -0.4 is 5.73 Å². The Morgan fingerprint density at radius 3 is 2.33 bits per heavy atom. The van der Waals surface area contributed by atoms with Crippen molar-refractivity contribution < 1.29 is 0 Å². The first-order chi connectivity index (χ1) is 8.60. The van der Waals surface area contributed by atoms with E-state index in [0.29, 0.717) is 5.92 Å². The first kappa shape index (κ1) is 13.2. The lowest BCUT2D eigenvalue weighted by atomic mass is 10.00. The molecule has 2 heteroatoms. The number of hydrogen-bond donors (Lipinski definition) is 1. The van der Waals surface area contributed by atoms with E-state index in [1.807, 2.05) is 0 Å². The van der Waals surface area contributed by atoms with Crippen molar-refractivity contribution in [3.63, 3.8) is 0 Å². The summed E-state index contributed by atoms with van der Waals surface area (Å²) in [6.07, 6.45) is 2.19. The normalized spacial score (nSPS) is 11.1. The second-order valence-electron chi connectivity index (χ2n) is 5.14. The van der Waals surface area contributed by atoms with Crippen molar-refractivity contribution in [1.82, 2.24) is 0 Å². The third-order valence-corrected chi connectivity index (χ3v) is 4.18. The van der Waals surface area contributed by atoms with Gasteiger partial charge >= 0.3 is 0 Å². The summed E-state index contributed by atoms with van der Waals surface area (Å²) in [7, 11) is 0. The van der Waals surface area contributed by atoms with Gasteiger partial charge in [0.25, 0.3) is 0 Å². The molecule has 1 aromatic heterocycles. The Morgan fingerprint density at radius 1 is 1.17 bits per heavy atom. The predicted molar refractivity (Wildman–Crippen MR) is 82.1 cm³/mol. The molecule has 1 nitrogen and oxygen atoms in total. The molecular weight excluding hydrogens is 238 g/mol. The minimum Gasteiger partial charge on any atom is -0.390 e. The fraction of sp³-hybridized carbons (Fsp3) is 0.375. The topological polar surface area (TPSA) is 26.0 Å². The van der Waals surface area contributed by atoms with Gasteiger partial charge in [-0.2, -0.15) is 0 Å². The van der Waals surface area contributed by atoms with E-state index in [4.69, 9.17) is 5.73 Å². The Labute approximate surface area is 114 Å². The van der Waals surface area contributed by atoms with Gasteiger partial charge < -0.3 is 5.73 Å². The van der Waals surface area contributed by atoms with Gasteiger partial charge in [0.15, 0.2) is 0 Å². The SMILES string of the molecule is CCc1cc(-c2ccc(CC(C)C)cc2)c(N)s1. The van der Waals surface area contributed by atoms with E-state index < -0.39 is 0 Å². The highest BCUT2D eigenvalue weighted by atomic mass is 32.1. The molecule has 2 N–H and O–H groups in total. The third kappa shape index (κ3) is 2.94. The van der Waals surface area contributed by atoms with Crippen LogP contribution >= 0.6 is 11.3 Å². The smallest absolute Gasteiger partial charge is 0.0938 e. The van der Waals surface area contributed by atoms with Gasteiger partial charge in [-0.15, -0.1) is 11.3 Å². The minimum atomic E-state index is 0.703. The lowest BCUT2D eigenvalue weighted by Crippen LogP contribution is -1.93. The largest absolute Gasteiger partial charge is 0.390 e. The van der Waals surface area contributed by atoms with Crippen LogP contribution in [0.5, 0.6) is 0 Å². The Bertz CT molecular complexity index is 508. The molecule has 0 spiro atoms. The van der Waals surface area contributed by atoms with E-state index in [9.17, 15) is 0 Å². The van der Waals surface area contributed by atoms with Gasteiger partial charge in [0.2, 0.25) is 0 Å². The highest BCUT2D eigenvalue weighted by molar-refractivity contribution is 7.16. The van der Waals surface area contributed by atoms with E-state index in [2.05, 4.69) is 51.1 Å². The number of thiophene rings is 1. The molecule has 0 aliphatic carbocycles. The molecule has 2 rings (SSSR count). The van der Waals surface area contributed by atoms with Crippen LogP contribution in [0, 0.1) is 5.92 Å². The summed E-state index contributed by atoms with van der Waals surface area (Å²) in [5.41, 5.74) is 9.91. The van der Waals surface area contributed by atoms with Crippen LogP contribution in [0.15, 0.2) is 30.3 Å². The molecule has 18 heavy (non-hydrogen) atoms. The number of nitrogen functional groups attached to an aromatic ring is 1. The average molecular weight is 259 g/mol. The molecule has 0 radical (unpaired) electrons. The molecule has 0 bridgehead atoms. The maximum Gasteiger partial charge on any atom is 0.0938 e. The van der Waals surface area contributed by atoms with Crippen molar-refractivity contribution in [3.8, 4) is 11.1 Å². The summed E-state index contributed by atoms with van der Waals surface area (Å²) >= 11 is 1.70. The number of aryl methyl sites for hydroxylation is 1. The van der Waals surface area contributed by atoms with Gasteiger partial charge in [0, 0.05) is 10.4 Å². The molecule has 2 aromatic rings. The molecule has 0 fully saturated rings. The first-order valence-corrected chi connectivity index (χ1v) is 7.39. The second-order valence-corrected chi connectivity index (χ2v) is 6.31. The Kier molecular flexibility index (Phi) is 4.07. The van der Waals surface area contributed by atoms with Gasteiger partial charge in [-0.05, 0) is 36.0 Å². The van der Waals surface area contributed by atoms with Crippen molar-refractivity contribution >= 4 is 16.3 Å². The fourth-order valence-electron chi connectivity index (χ4n) is 2.15. The van der Waals surface area contributed by atoms with Crippen molar-refractivity contribution in [3.05, 3.63) is 40.8 Å². The summed E-state index contributed by atoms with van der Waals surface area (Å²) in [4.78, 5) is 1.36. The standard InChI is InChI=1S/C16H21NS/c1-4-14-10-15(16(17)18-14)13-7-5-12(6-8-13)9-11(2)3/h5-8,10-11H,4,9,17H2,1-3H3. The van der Waals surface area contributed by atoms with Gasteiger partial charge in [-0.3, -0.25) is 0 Å². The molecule has 1 aromatic carbocycles. The molecule has 0 aliphatic rings. The van der Waals surface area contributed by atoms with Crippen LogP contribution in [-0.4, -0.2) is 0 Å². The highest BCUT2D eigenvalue weighted by Crippen LogP contribution is 2.34. The van der Waals surface area contributed by atoms with Gasteiger partial charge in [0.05, 0.1) is 5.00 Å². The number of benzene rings is 1. The van der Waals surface area contributed by atoms with Crippen LogP contribution in [0.3, 0.4) is 0 Å². The van der Waals surface area contributed by atoms with Gasteiger partial charge in [-0.25, -0.2) is 0 Å². The molecule has 0 aliphatic heterocycles. The van der Waals surface area contributed by atoms with Crippen molar-refractivity contribution in [2.75, 3.05) is 5.73 Å². The second kappa shape index (κ2) is 5.57. The van der Waals surface area contributed by atoms with E-state index in [1.165, 1.54) is 21.6 Å². The van der Waals surface area contributed by atoms with Gasteiger partial charge in [-0.1, -0.05) is 45.0 Å². The number of rotatable bonds is 4. The summed E-state index contributed by atoms with van der Waals surface area (Å²) in [5, 5.41) is 0.934. The molecule has 0 amide bonds. The Balaban J connectivity index is 2.25. The molecule has 0 atom stereocenters. The quantitative estimate of drug-likeness (QED) is 0.841. The number of anilines is 1. The van der Waals surface area contributed by atoms with Crippen molar-refractivity contribution in [2.45, 2.75) is 33.6 Å². The zero-order valence-electron chi connectivity index (χ0n) is 11.4. The molecule has 0 saturated heterocycles. The van der Waals surface area contributed by atoms with E-state index in [1.54, 1.807) is 11.3 Å². The fourth-order valence-corrected chi connectivity index (χ4v) is 3.04. The summed E-state index contributed by atoms with van der Waals surface area (Å²) < 4.78 is 0. The van der Waals surface area contributed by atoms with Crippen LogP contribution in [0.25, 0.3) is 11.1 Å². The van der Waals surface area contributed by atoms with Crippen molar-refractivity contribution in [2.24, 2.45) is 5.92 Å². The zero-order valence-corrected chi connectivity index (χ0v) is 12.2. The molecule has 0 unspecified atom stereocenters. The lowest BCUT2D eigenvalue weighted by Gasteiger charge is -2.06. The highest BCUT2D eigenvalue weighted by Gasteiger charge is 2.07. The van der Waals surface area contributed by atoms with Crippen LogP contribution in [0.1, 0.15) is 31.2 Å². The average Bonchev–Trinajstić information content (AvgIpc) is 2.71. The Hall–Kier alpha value is -1.28.